The molecule has 3 atom stereocenters. The molecule has 3 aliphatic rings. The van der Waals surface area contributed by atoms with Gasteiger partial charge in [-0.3, -0.25) is 9.59 Å². The fraction of sp³-hybridized carbons (Fsp3) is 0.512. The monoisotopic (exact) mass is 748 g/mol. The van der Waals surface area contributed by atoms with Gasteiger partial charge in [0.05, 0.1) is 35.9 Å². The summed E-state index contributed by atoms with van der Waals surface area (Å²) in [7, 11) is 0. The Labute approximate surface area is 324 Å². The number of nitrogens with two attached hydrogens (primary N) is 1. The molecular formula is C43H56N8O4. The van der Waals surface area contributed by atoms with Crippen molar-refractivity contribution in [2.24, 2.45) is 17.6 Å². The quantitative estimate of drug-likeness (QED) is 0.136. The Balaban J connectivity index is 0.972. The predicted octanol–water partition coefficient (Wildman–Crippen LogP) is 7.48. The minimum Gasteiger partial charge on any atom is -0.436 e. The number of hydrogen-bond donors (Lipinski definition) is 3. The van der Waals surface area contributed by atoms with Crippen molar-refractivity contribution in [2.75, 3.05) is 26.2 Å². The van der Waals surface area contributed by atoms with E-state index in [1.54, 1.807) is 11.1 Å². The van der Waals surface area contributed by atoms with Crippen molar-refractivity contribution < 1.29 is 19.1 Å². The fourth-order valence-corrected chi connectivity index (χ4v) is 9.04. The van der Waals surface area contributed by atoms with Crippen molar-refractivity contribution in [1.29, 1.82) is 0 Å². The lowest BCUT2D eigenvalue weighted by Crippen LogP contribution is -2.44. The summed E-state index contributed by atoms with van der Waals surface area (Å²) in [5.41, 5.74) is 11.3. The highest BCUT2D eigenvalue weighted by Crippen LogP contribution is 2.37. The molecule has 12 heteroatoms. The smallest absolute Gasteiger partial charge is 0.405 e. The van der Waals surface area contributed by atoms with E-state index >= 15 is 0 Å². The number of rotatable bonds is 12. The van der Waals surface area contributed by atoms with Gasteiger partial charge in [0.2, 0.25) is 5.91 Å². The van der Waals surface area contributed by atoms with Crippen LogP contribution in [-0.4, -0.2) is 90.9 Å². The van der Waals surface area contributed by atoms with Crippen LogP contribution >= 0.6 is 0 Å². The van der Waals surface area contributed by atoms with Gasteiger partial charge in [-0.05, 0) is 92.6 Å². The van der Waals surface area contributed by atoms with E-state index in [1.807, 2.05) is 20.0 Å². The second-order valence-electron chi connectivity index (χ2n) is 15.7. The Hall–Kier alpha value is -4.97. The maximum Gasteiger partial charge on any atom is 0.405 e. The van der Waals surface area contributed by atoms with E-state index in [0.29, 0.717) is 24.3 Å². The molecule has 0 unspecified atom stereocenters. The molecule has 2 saturated heterocycles. The first-order chi connectivity index (χ1) is 26.6. The first kappa shape index (κ1) is 38.3. The van der Waals surface area contributed by atoms with Gasteiger partial charge in [0.15, 0.2) is 6.10 Å². The number of carbonyl (C=O) groups is 3. The van der Waals surface area contributed by atoms with Crippen molar-refractivity contribution in [3.8, 4) is 33.6 Å². The summed E-state index contributed by atoms with van der Waals surface area (Å²) in [6.07, 6.45) is 9.54. The van der Waals surface area contributed by atoms with Crippen LogP contribution in [0.2, 0.25) is 0 Å². The number of hydrogen-bond acceptors (Lipinski definition) is 7. The average Bonchev–Trinajstić information content (AvgIpc) is 4.04. The van der Waals surface area contributed by atoms with Crippen LogP contribution in [0.5, 0.6) is 0 Å². The Kier molecular flexibility index (Phi) is 11.7. The summed E-state index contributed by atoms with van der Waals surface area (Å²) < 4.78 is 5.18. The molecule has 2 aliphatic heterocycles. The lowest BCUT2D eigenvalue weighted by atomic mass is 9.84. The molecule has 7 rings (SSSR count). The molecular weight excluding hydrogens is 693 g/mol. The van der Waals surface area contributed by atoms with Gasteiger partial charge in [-0.15, -0.1) is 0 Å². The number of carbonyl (C=O) groups excluding carboxylic acids is 3. The zero-order valence-electron chi connectivity index (χ0n) is 32.7. The average molecular weight is 749 g/mol. The molecule has 4 heterocycles. The lowest BCUT2D eigenvalue weighted by Gasteiger charge is -2.37. The fourth-order valence-electron chi connectivity index (χ4n) is 9.04. The number of benzene rings is 2. The number of aromatic nitrogens is 4. The van der Waals surface area contributed by atoms with Crippen molar-refractivity contribution >= 4 is 17.9 Å². The van der Waals surface area contributed by atoms with Gasteiger partial charge in [0.1, 0.15) is 11.6 Å². The molecule has 3 amide bonds. The van der Waals surface area contributed by atoms with Gasteiger partial charge in [-0.2, -0.15) is 0 Å². The molecule has 3 fully saturated rings. The second kappa shape index (κ2) is 16.8. The Morgan fingerprint density at radius 3 is 1.69 bits per heavy atom. The van der Waals surface area contributed by atoms with Gasteiger partial charge in [-0.1, -0.05) is 76.2 Å². The van der Waals surface area contributed by atoms with E-state index in [-0.39, 0.29) is 29.8 Å². The van der Waals surface area contributed by atoms with E-state index < -0.39 is 12.2 Å². The zero-order valence-corrected chi connectivity index (χ0v) is 32.7. The number of primary amides is 1. The molecule has 55 heavy (non-hydrogen) atoms. The number of nitrogens with zero attached hydrogens (tertiary/aromatic N) is 5. The van der Waals surface area contributed by atoms with Gasteiger partial charge in [0.25, 0.3) is 5.91 Å². The van der Waals surface area contributed by atoms with Crippen LogP contribution in [0.4, 0.5) is 4.79 Å². The van der Waals surface area contributed by atoms with Gasteiger partial charge < -0.3 is 35.1 Å². The van der Waals surface area contributed by atoms with Crippen LogP contribution in [0.15, 0.2) is 60.9 Å². The standard InChI is InChI=1S/C43H56N8O4/c1-5-49(6-2)33-21-19-32(20-22-33)41(52)50-23-7-9-36(50)39-45-25-34(47-39)30-15-11-28(12-16-30)29-13-17-31(18-14-29)35-26-46-40(48-35)37-10-8-24-51(37)42(53)38(27(3)4)55-43(44)54/h11-18,25-27,32-33,36-38H,5-10,19-24H2,1-4H3,(H2,44,54)(H,45,47)(H,46,48)/t32-,33+,36-,37-,38-/m0/s1. The Morgan fingerprint density at radius 1 is 0.745 bits per heavy atom. The molecule has 1 saturated carbocycles. The van der Waals surface area contributed by atoms with E-state index in [4.69, 9.17) is 15.5 Å². The third-order valence-corrected chi connectivity index (χ3v) is 12.1. The highest BCUT2D eigenvalue weighted by atomic mass is 16.6. The molecule has 1 aliphatic carbocycles. The van der Waals surface area contributed by atoms with Crippen LogP contribution in [0, 0.1) is 11.8 Å². The third-order valence-electron chi connectivity index (χ3n) is 12.1. The van der Waals surface area contributed by atoms with Crippen LogP contribution in [0.25, 0.3) is 33.6 Å². The second-order valence-corrected chi connectivity index (χ2v) is 15.7. The highest BCUT2D eigenvalue weighted by Gasteiger charge is 2.39. The first-order valence-electron chi connectivity index (χ1n) is 20.3. The minimum atomic E-state index is -0.950. The molecule has 0 bridgehead atoms. The third kappa shape index (κ3) is 8.20. The van der Waals surface area contributed by atoms with Crippen molar-refractivity contribution in [3.63, 3.8) is 0 Å². The van der Waals surface area contributed by atoms with E-state index in [0.717, 1.165) is 110 Å². The first-order valence-corrected chi connectivity index (χ1v) is 20.3. The number of imidazole rings is 2. The summed E-state index contributed by atoms with van der Waals surface area (Å²) in [6.45, 7) is 11.7. The van der Waals surface area contributed by atoms with Crippen LogP contribution in [0.1, 0.15) is 103 Å². The molecule has 0 spiro atoms. The van der Waals surface area contributed by atoms with Crippen molar-refractivity contribution in [1.82, 2.24) is 34.6 Å². The SMILES string of the molecule is CCN(CC)[C@H]1CC[C@@H](C(=O)N2CCC[C@H]2c2ncc(-c3ccc(-c4ccc(-c5cnc([C@@H]6CCCN6C(=O)[C@@H](OC(N)=O)C(C)C)[nH]5)cc4)cc3)[nH]2)CC1. The maximum absolute atomic E-state index is 13.7. The Bertz CT molecular complexity index is 1920. The summed E-state index contributed by atoms with van der Waals surface area (Å²) in [5, 5.41) is 0. The molecule has 292 valence electrons. The van der Waals surface area contributed by atoms with Crippen LogP contribution in [-0.2, 0) is 14.3 Å². The number of ether oxygens (including phenoxy) is 1. The molecule has 12 nitrogen and oxygen atoms in total. The van der Waals surface area contributed by atoms with Crippen molar-refractivity contribution in [3.05, 3.63) is 72.6 Å². The summed E-state index contributed by atoms with van der Waals surface area (Å²) in [4.78, 5) is 61.4. The summed E-state index contributed by atoms with van der Waals surface area (Å²) >= 11 is 0. The van der Waals surface area contributed by atoms with Crippen LogP contribution in [0.3, 0.4) is 0 Å². The van der Waals surface area contributed by atoms with Gasteiger partial charge >= 0.3 is 6.09 Å². The van der Waals surface area contributed by atoms with Crippen molar-refractivity contribution in [2.45, 2.75) is 103 Å². The summed E-state index contributed by atoms with van der Waals surface area (Å²) in [6, 6.07) is 17.2. The topological polar surface area (TPSA) is 154 Å². The van der Waals surface area contributed by atoms with E-state index in [1.165, 1.54) is 0 Å². The number of aromatic amines is 2. The normalized spacial score (nSPS) is 22.1. The molecule has 2 aromatic carbocycles. The highest BCUT2D eigenvalue weighted by molar-refractivity contribution is 5.84. The maximum atomic E-state index is 13.7. The minimum absolute atomic E-state index is 0.00481. The zero-order chi connectivity index (χ0) is 38.6. The number of likely N-dealkylation sites (tertiary alicyclic amines) is 2. The van der Waals surface area contributed by atoms with E-state index in [9.17, 15) is 14.4 Å². The van der Waals surface area contributed by atoms with Gasteiger partial charge in [0, 0.05) is 25.0 Å². The molecule has 2 aromatic heterocycles. The number of H-pyrrole nitrogens is 2. The van der Waals surface area contributed by atoms with Crippen LogP contribution < -0.4 is 5.73 Å². The molecule has 0 radical (unpaired) electrons. The molecule has 4 N–H and O–H groups in total. The number of nitrogens with one attached hydrogen (secondary N) is 2. The Morgan fingerprint density at radius 2 is 1.22 bits per heavy atom. The molecule has 4 aromatic rings. The lowest BCUT2D eigenvalue weighted by molar-refractivity contribution is -0.143. The predicted molar refractivity (Wildman–Crippen MR) is 212 cm³/mol. The van der Waals surface area contributed by atoms with Gasteiger partial charge in [-0.25, -0.2) is 14.8 Å². The largest absolute Gasteiger partial charge is 0.436 e. The van der Waals surface area contributed by atoms with E-state index in [2.05, 4.69) is 87.1 Å². The summed E-state index contributed by atoms with van der Waals surface area (Å²) in [5.74, 6) is 1.57. The number of amides is 3.